The van der Waals surface area contributed by atoms with Crippen LogP contribution in [0.15, 0.2) is 45.4 Å². The first kappa shape index (κ1) is 17.3. The van der Waals surface area contributed by atoms with Gasteiger partial charge in [0.15, 0.2) is 5.76 Å². The third kappa shape index (κ3) is 3.32. The fourth-order valence-corrected chi connectivity index (χ4v) is 3.37. The molecule has 1 aliphatic heterocycles. The summed E-state index contributed by atoms with van der Waals surface area (Å²) in [5.74, 6) is 1.53. The van der Waals surface area contributed by atoms with Crippen LogP contribution in [0.4, 0.5) is 0 Å². The summed E-state index contributed by atoms with van der Waals surface area (Å²) < 4.78 is 16.0. The van der Waals surface area contributed by atoms with Crippen LogP contribution in [0.1, 0.15) is 47.8 Å². The number of methoxy groups -OCH3 is 1. The van der Waals surface area contributed by atoms with Crippen molar-refractivity contribution in [1.82, 2.24) is 15.2 Å². The molecular formula is C20H21N3O4. The molecule has 0 bridgehead atoms. The van der Waals surface area contributed by atoms with Gasteiger partial charge in [0.25, 0.3) is 5.91 Å². The van der Waals surface area contributed by atoms with E-state index in [9.17, 15) is 4.79 Å². The summed E-state index contributed by atoms with van der Waals surface area (Å²) in [6.45, 7) is 2.68. The van der Waals surface area contributed by atoms with E-state index in [0.29, 0.717) is 12.2 Å². The molecule has 1 aliphatic rings. The number of benzene rings is 1. The van der Waals surface area contributed by atoms with Gasteiger partial charge >= 0.3 is 0 Å². The number of aryl methyl sites for hydroxylation is 1. The molecule has 0 saturated carbocycles. The second kappa shape index (κ2) is 7.26. The molecule has 0 radical (unpaired) electrons. The van der Waals surface area contributed by atoms with E-state index in [4.69, 9.17) is 13.8 Å². The molecule has 1 saturated heterocycles. The Labute approximate surface area is 156 Å². The predicted molar refractivity (Wildman–Crippen MR) is 97.4 cm³/mol. The van der Waals surface area contributed by atoms with Crippen molar-refractivity contribution < 1.29 is 18.6 Å². The second-order valence-corrected chi connectivity index (χ2v) is 6.54. The van der Waals surface area contributed by atoms with E-state index in [2.05, 4.69) is 10.3 Å². The van der Waals surface area contributed by atoms with E-state index in [1.54, 1.807) is 18.1 Å². The number of likely N-dealkylation sites (tertiary alicyclic amines) is 1. The second-order valence-electron chi connectivity index (χ2n) is 6.54. The SMILES string of the molecule is CCc1cc([C@H]2CCCN2C(=O)c2cc(-c3ccc(OC)cc3)no2)on1. The summed E-state index contributed by atoms with van der Waals surface area (Å²) >= 11 is 0. The van der Waals surface area contributed by atoms with Crippen molar-refractivity contribution in [2.45, 2.75) is 32.2 Å². The Kier molecular flexibility index (Phi) is 4.66. The number of nitrogens with zero attached hydrogens (tertiary/aromatic N) is 3. The minimum absolute atomic E-state index is 0.111. The number of carbonyl (C=O) groups is 1. The van der Waals surface area contributed by atoms with Crippen molar-refractivity contribution in [3.63, 3.8) is 0 Å². The lowest BCUT2D eigenvalue weighted by molar-refractivity contribution is 0.0672. The number of ether oxygens (including phenoxy) is 1. The van der Waals surface area contributed by atoms with Gasteiger partial charge in [0.1, 0.15) is 11.4 Å². The van der Waals surface area contributed by atoms with E-state index in [1.807, 2.05) is 37.3 Å². The van der Waals surface area contributed by atoms with Crippen molar-refractivity contribution in [3.05, 3.63) is 53.6 Å². The van der Waals surface area contributed by atoms with Gasteiger partial charge in [-0.1, -0.05) is 17.2 Å². The summed E-state index contributed by atoms with van der Waals surface area (Å²) in [6.07, 6.45) is 2.57. The average Bonchev–Trinajstić information content (AvgIpc) is 3.47. The number of hydrogen-bond acceptors (Lipinski definition) is 6. The molecule has 3 heterocycles. The van der Waals surface area contributed by atoms with Crippen LogP contribution < -0.4 is 4.74 Å². The lowest BCUT2D eigenvalue weighted by atomic mass is 10.1. The lowest BCUT2D eigenvalue weighted by Gasteiger charge is -2.20. The third-order valence-electron chi connectivity index (χ3n) is 4.89. The van der Waals surface area contributed by atoms with Crippen LogP contribution in [0, 0.1) is 0 Å². The highest BCUT2D eigenvalue weighted by atomic mass is 16.5. The maximum Gasteiger partial charge on any atom is 0.293 e. The molecule has 1 fully saturated rings. The Balaban J connectivity index is 1.54. The molecule has 0 aliphatic carbocycles. The van der Waals surface area contributed by atoms with Gasteiger partial charge in [-0.2, -0.15) is 0 Å². The Hall–Kier alpha value is -3.09. The summed E-state index contributed by atoms with van der Waals surface area (Å²) in [4.78, 5) is 14.7. The summed E-state index contributed by atoms with van der Waals surface area (Å²) in [5.41, 5.74) is 2.37. The van der Waals surface area contributed by atoms with E-state index in [1.165, 1.54) is 0 Å². The van der Waals surface area contributed by atoms with Gasteiger partial charge in [-0.05, 0) is 43.5 Å². The van der Waals surface area contributed by atoms with Crippen LogP contribution in [-0.4, -0.2) is 34.8 Å². The Morgan fingerprint density at radius 1 is 1.22 bits per heavy atom. The maximum atomic E-state index is 13.0. The van der Waals surface area contributed by atoms with Crippen LogP contribution in [0.2, 0.25) is 0 Å². The number of amides is 1. The van der Waals surface area contributed by atoms with Crippen LogP contribution in [0.5, 0.6) is 5.75 Å². The van der Waals surface area contributed by atoms with Gasteiger partial charge in [-0.15, -0.1) is 0 Å². The van der Waals surface area contributed by atoms with E-state index < -0.39 is 0 Å². The zero-order valence-electron chi connectivity index (χ0n) is 15.3. The fourth-order valence-electron chi connectivity index (χ4n) is 3.37. The lowest BCUT2D eigenvalue weighted by Crippen LogP contribution is -2.30. The van der Waals surface area contributed by atoms with Gasteiger partial charge in [0.05, 0.1) is 18.8 Å². The number of hydrogen-bond donors (Lipinski definition) is 0. The normalized spacial score (nSPS) is 16.7. The quantitative estimate of drug-likeness (QED) is 0.681. The average molecular weight is 367 g/mol. The van der Waals surface area contributed by atoms with E-state index in [-0.39, 0.29) is 17.7 Å². The van der Waals surface area contributed by atoms with Crippen molar-refractivity contribution in [2.24, 2.45) is 0 Å². The minimum Gasteiger partial charge on any atom is -0.497 e. The molecule has 7 nitrogen and oxygen atoms in total. The van der Waals surface area contributed by atoms with E-state index >= 15 is 0 Å². The highest BCUT2D eigenvalue weighted by molar-refractivity contribution is 5.92. The highest BCUT2D eigenvalue weighted by Gasteiger charge is 2.35. The Morgan fingerprint density at radius 3 is 2.74 bits per heavy atom. The van der Waals surface area contributed by atoms with Crippen molar-refractivity contribution in [1.29, 1.82) is 0 Å². The molecule has 2 aromatic heterocycles. The molecule has 1 atom stereocenters. The maximum absolute atomic E-state index is 13.0. The largest absolute Gasteiger partial charge is 0.497 e. The van der Waals surface area contributed by atoms with Crippen LogP contribution >= 0.6 is 0 Å². The van der Waals surface area contributed by atoms with Crippen molar-refractivity contribution in [2.75, 3.05) is 13.7 Å². The van der Waals surface area contributed by atoms with Crippen molar-refractivity contribution in [3.8, 4) is 17.0 Å². The first-order chi connectivity index (χ1) is 13.2. The molecule has 27 heavy (non-hydrogen) atoms. The zero-order chi connectivity index (χ0) is 18.8. The molecule has 0 N–H and O–H groups in total. The summed E-state index contributed by atoms with van der Waals surface area (Å²) in [7, 11) is 1.62. The third-order valence-corrected chi connectivity index (χ3v) is 4.89. The first-order valence-electron chi connectivity index (χ1n) is 9.07. The topological polar surface area (TPSA) is 81.6 Å². The van der Waals surface area contributed by atoms with Crippen molar-refractivity contribution >= 4 is 5.91 Å². The molecule has 3 aromatic rings. The first-order valence-corrected chi connectivity index (χ1v) is 9.07. The molecular weight excluding hydrogens is 346 g/mol. The zero-order valence-corrected chi connectivity index (χ0v) is 15.3. The van der Waals surface area contributed by atoms with Gasteiger partial charge < -0.3 is 18.7 Å². The number of carbonyl (C=O) groups excluding carboxylic acids is 1. The fraction of sp³-hybridized carbons (Fsp3) is 0.350. The van der Waals surface area contributed by atoms with Gasteiger partial charge in [0, 0.05) is 24.2 Å². The monoisotopic (exact) mass is 367 g/mol. The molecule has 7 heteroatoms. The van der Waals surface area contributed by atoms with E-state index in [0.717, 1.165) is 42.0 Å². The highest BCUT2D eigenvalue weighted by Crippen LogP contribution is 2.34. The van der Waals surface area contributed by atoms with Gasteiger partial charge in [-0.25, -0.2) is 0 Å². The predicted octanol–water partition coefficient (Wildman–Crippen LogP) is 3.88. The smallest absolute Gasteiger partial charge is 0.293 e. The molecule has 4 rings (SSSR count). The Bertz CT molecular complexity index is 929. The summed E-state index contributed by atoms with van der Waals surface area (Å²) in [6, 6.07) is 10.9. The van der Waals surface area contributed by atoms with Gasteiger partial charge in [-0.3, -0.25) is 4.79 Å². The molecule has 1 amide bonds. The summed E-state index contributed by atoms with van der Waals surface area (Å²) in [5, 5.41) is 8.10. The van der Waals surface area contributed by atoms with Gasteiger partial charge in [0.2, 0.25) is 5.76 Å². The number of aromatic nitrogens is 2. The molecule has 140 valence electrons. The molecule has 0 unspecified atom stereocenters. The standard InChI is InChI=1S/C20H21N3O4/c1-3-14-11-18(26-21-14)17-5-4-10-23(17)20(24)19-12-16(22-27-19)13-6-8-15(25-2)9-7-13/h6-9,11-12,17H,3-5,10H2,1-2H3/t17-/m1/s1. The minimum atomic E-state index is -0.181. The molecule has 1 aromatic carbocycles. The van der Waals surface area contributed by atoms with Crippen LogP contribution in [0.25, 0.3) is 11.3 Å². The Morgan fingerprint density at radius 2 is 2.04 bits per heavy atom. The molecule has 0 spiro atoms. The number of rotatable bonds is 5. The van der Waals surface area contributed by atoms with Crippen LogP contribution in [0.3, 0.4) is 0 Å². The van der Waals surface area contributed by atoms with Crippen LogP contribution in [-0.2, 0) is 6.42 Å².